The quantitative estimate of drug-likeness (QED) is 0.316. The maximum atomic E-state index is 12.2. The summed E-state index contributed by atoms with van der Waals surface area (Å²) < 4.78 is 5.21. The number of aromatic nitrogens is 1. The number of aliphatic imine (C=N–C) groups is 1. The van der Waals surface area contributed by atoms with Crippen molar-refractivity contribution in [3.05, 3.63) is 53.6 Å². The zero-order valence-corrected chi connectivity index (χ0v) is 17.9. The molecule has 162 valence electrons. The van der Waals surface area contributed by atoms with Crippen molar-refractivity contribution in [2.45, 2.75) is 39.3 Å². The predicted molar refractivity (Wildman–Crippen MR) is 123 cm³/mol. The van der Waals surface area contributed by atoms with Crippen molar-refractivity contribution in [3.8, 4) is 5.88 Å². The van der Waals surface area contributed by atoms with Gasteiger partial charge in [-0.3, -0.25) is 14.7 Å². The third kappa shape index (κ3) is 4.41. The Balaban J connectivity index is 1.51. The number of carbonyl (C=O) groups is 1. The van der Waals surface area contributed by atoms with Gasteiger partial charge >= 0.3 is 5.97 Å². The molecule has 0 saturated carbocycles. The Morgan fingerprint density at radius 1 is 1.29 bits per heavy atom. The number of carbonyl (C=O) groups excluding carboxylic acids is 1. The summed E-state index contributed by atoms with van der Waals surface area (Å²) in [6, 6.07) is 13.3. The van der Waals surface area contributed by atoms with Gasteiger partial charge in [0.1, 0.15) is 6.04 Å². The molecule has 1 saturated heterocycles. The lowest BCUT2D eigenvalue weighted by Gasteiger charge is -2.22. The molecule has 0 amide bonds. The average Bonchev–Trinajstić information content (AvgIpc) is 3.32. The lowest BCUT2D eigenvalue weighted by atomic mass is 10.1. The van der Waals surface area contributed by atoms with E-state index in [0.717, 1.165) is 41.5 Å². The Bertz CT molecular complexity index is 1120. The minimum absolute atomic E-state index is 0.0810. The first kappa shape index (κ1) is 20.9. The predicted octanol–water partition coefficient (Wildman–Crippen LogP) is 4.12. The van der Waals surface area contributed by atoms with Crippen LogP contribution in [0.25, 0.3) is 10.9 Å². The molecular formula is C24H28N4O3. The number of aromatic hydroxyl groups is 1. The topological polar surface area (TPSA) is 104 Å². The van der Waals surface area contributed by atoms with Gasteiger partial charge in [0.25, 0.3) is 0 Å². The molecule has 31 heavy (non-hydrogen) atoms. The number of esters is 1. The van der Waals surface area contributed by atoms with Crippen LogP contribution in [0.3, 0.4) is 0 Å². The summed E-state index contributed by atoms with van der Waals surface area (Å²) in [5.74, 6) is -0.0477. The molecule has 1 aliphatic rings. The summed E-state index contributed by atoms with van der Waals surface area (Å²) in [6.45, 7) is 5.71. The van der Waals surface area contributed by atoms with Crippen LogP contribution in [-0.4, -0.2) is 45.9 Å². The molecule has 7 heteroatoms. The van der Waals surface area contributed by atoms with E-state index in [1.54, 1.807) is 6.07 Å². The number of fused-ring (bicyclic) bond motifs is 1. The number of hydrogen-bond acceptors (Lipinski definition) is 6. The van der Waals surface area contributed by atoms with Gasteiger partial charge in [0, 0.05) is 23.1 Å². The molecule has 3 aromatic rings. The van der Waals surface area contributed by atoms with Crippen LogP contribution in [0.4, 0.5) is 11.4 Å². The number of nitrogens with one attached hydrogen (secondary N) is 1. The number of hydrogen-bond donors (Lipinski definition) is 3. The molecule has 1 fully saturated rings. The second-order valence-corrected chi connectivity index (χ2v) is 7.90. The van der Waals surface area contributed by atoms with Crippen molar-refractivity contribution in [1.29, 1.82) is 0 Å². The van der Waals surface area contributed by atoms with Gasteiger partial charge in [-0.1, -0.05) is 12.1 Å². The van der Waals surface area contributed by atoms with Gasteiger partial charge in [-0.05, 0) is 69.1 Å². The van der Waals surface area contributed by atoms with Gasteiger partial charge < -0.3 is 20.6 Å². The first-order valence-electron chi connectivity index (χ1n) is 10.6. The summed E-state index contributed by atoms with van der Waals surface area (Å²) in [4.78, 5) is 22.0. The minimum Gasteiger partial charge on any atom is -0.494 e. The van der Waals surface area contributed by atoms with E-state index in [9.17, 15) is 9.90 Å². The molecule has 0 spiro atoms. The Morgan fingerprint density at radius 2 is 2.06 bits per heavy atom. The van der Waals surface area contributed by atoms with Crippen LogP contribution in [0.5, 0.6) is 5.88 Å². The van der Waals surface area contributed by atoms with Crippen molar-refractivity contribution in [2.24, 2.45) is 4.99 Å². The second kappa shape index (κ2) is 8.81. The molecule has 1 aromatic heterocycles. The molecule has 7 nitrogen and oxygen atoms in total. The third-order valence-electron chi connectivity index (χ3n) is 5.71. The largest absolute Gasteiger partial charge is 0.494 e. The van der Waals surface area contributed by atoms with Gasteiger partial charge in [0.15, 0.2) is 5.88 Å². The second-order valence-electron chi connectivity index (χ2n) is 7.90. The number of likely N-dealkylation sites (tertiary alicyclic amines) is 1. The molecular weight excluding hydrogens is 392 g/mol. The molecule has 0 radical (unpaired) electrons. The number of nitrogens with zero attached hydrogens (tertiary/aromatic N) is 2. The molecule has 0 aliphatic carbocycles. The van der Waals surface area contributed by atoms with Gasteiger partial charge in [-0.2, -0.15) is 0 Å². The number of rotatable bonds is 6. The van der Waals surface area contributed by atoms with E-state index in [4.69, 9.17) is 15.5 Å². The third-order valence-corrected chi connectivity index (χ3v) is 5.71. The molecule has 4 N–H and O–H groups in total. The number of aromatic amines is 1. The summed E-state index contributed by atoms with van der Waals surface area (Å²) >= 11 is 0. The normalized spacial score (nSPS) is 17.4. The van der Waals surface area contributed by atoms with E-state index in [-0.39, 0.29) is 17.9 Å². The molecule has 1 atom stereocenters. The highest BCUT2D eigenvalue weighted by molar-refractivity contribution is 6.13. The summed E-state index contributed by atoms with van der Waals surface area (Å²) in [6.07, 6.45) is 1.85. The van der Waals surface area contributed by atoms with Gasteiger partial charge in [0.05, 0.1) is 23.6 Å². The Kier molecular flexibility index (Phi) is 5.95. The van der Waals surface area contributed by atoms with Crippen LogP contribution in [0, 0.1) is 0 Å². The maximum Gasteiger partial charge on any atom is 0.323 e. The van der Waals surface area contributed by atoms with Crippen LogP contribution in [0.15, 0.2) is 47.5 Å². The van der Waals surface area contributed by atoms with Gasteiger partial charge in [-0.15, -0.1) is 0 Å². The summed E-state index contributed by atoms with van der Waals surface area (Å²) in [5, 5.41) is 11.2. The van der Waals surface area contributed by atoms with Crippen LogP contribution >= 0.6 is 0 Å². The molecule has 2 aromatic carbocycles. The summed E-state index contributed by atoms with van der Waals surface area (Å²) in [5.41, 5.74) is 10.6. The van der Waals surface area contributed by atoms with Gasteiger partial charge in [-0.25, -0.2) is 0 Å². The first-order chi connectivity index (χ1) is 15.0. The lowest BCUT2D eigenvalue weighted by molar-refractivity contribution is -0.148. The van der Waals surface area contributed by atoms with E-state index in [2.05, 4.69) is 9.88 Å². The fourth-order valence-corrected chi connectivity index (χ4v) is 4.24. The molecule has 0 bridgehead atoms. The van der Waals surface area contributed by atoms with Crippen molar-refractivity contribution in [1.82, 2.24) is 9.88 Å². The van der Waals surface area contributed by atoms with Crippen LogP contribution in [-0.2, 0) is 16.1 Å². The summed E-state index contributed by atoms with van der Waals surface area (Å²) in [7, 11) is 0. The highest BCUT2D eigenvalue weighted by atomic mass is 16.5. The number of H-pyrrole nitrogens is 1. The van der Waals surface area contributed by atoms with Crippen molar-refractivity contribution in [2.75, 3.05) is 18.9 Å². The minimum atomic E-state index is -0.155. The van der Waals surface area contributed by atoms with Crippen molar-refractivity contribution < 1.29 is 14.6 Å². The van der Waals surface area contributed by atoms with Gasteiger partial charge in [0.2, 0.25) is 0 Å². The van der Waals surface area contributed by atoms with Crippen molar-refractivity contribution >= 4 is 34.0 Å². The van der Waals surface area contributed by atoms with Crippen molar-refractivity contribution in [3.63, 3.8) is 0 Å². The maximum absolute atomic E-state index is 12.2. The molecule has 4 rings (SSSR count). The number of ether oxygens (including phenoxy) is 1. The Morgan fingerprint density at radius 3 is 2.81 bits per heavy atom. The van der Waals surface area contributed by atoms with Crippen LogP contribution in [0.1, 0.15) is 37.8 Å². The lowest BCUT2D eigenvalue weighted by Crippen LogP contribution is -2.36. The monoisotopic (exact) mass is 420 g/mol. The number of benzene rings is 2. The van der Waals surface area contributed by atoms with Crippen LogP contribution < -0.4 is 5.73 Å². The number of anilines is 1. The Labute approximate surface area is 181 Å². The first-order valence-corrected chi connectivity index (χ1v) is 10.6. The van der Waals surface area contributed by atoms with E-state index >= 15 is 0 Å². The number of nitrogen functional groups attached to an aromatic ring is 1. The molecule has 2 heterocycles. The fourth-order valence-electron chi connectivity index (χ4n) is 4.24. The zero-order chi connectivity index (χ0) is 22.0. The number of nitrogens with two attached hydrogens (primary N) is 1. The average molecular weight is 421 g/mol. The van der Waals surface area contributed by atoms with E-state index in [0.29, 0.717) is 30.1 Å². The fraction of sp³-hybridized carbons (Fsp3) is 0.333. The highest BCUT2D eigenvalue weighted by Gasteiger charge is 2.31. The SMILES string of the molecule is CCOC(=O)C1CCCN1Cc1ccc(N=C(C)c2c(O)[nH]c3ccc(N)cc23)cc1. The highest BCUT2D eigenvalue weighted by Crippen LogP contribution is 2.30. The molecule has 1 aliphatic heterocycles. The van der Waals surface area contributed by atoms with E-state index in [1.807, 2.05) is 50.2 Å². The Hall–Kier alpha value is -3.32. The zero-order valence-electron chi connectivity index (χ0n) is 17.9. The smallest absolute Gasteiger partial charge is 0.323 e. The standard InChI is InChI=1S/C24H28N4O3/c1-3-31-24(30)21-5-4-12-28(21)14-16-6-9-18(10-7-16)26-15(2)22-19-13-17(25)8-11-20(19)27-23(22)29/h6-11,13,21,27,29H,3-5,12,14,25H2,1-2H3. The van der Waals surface area contributed by atoms with E-state index in [1.165, 1.54) is 0 Å². The van der Waals surface area contributed by atoms with E-state index < -0.39 is 0 Å². The van der Waals surface area contributed by atoms with Crippen LogP contribution in [0.2, 0.25) is 0 Å². The molecule has 1 unspecified atom stereocenters.